The van der Waals surface area contributed by atoms with Gasteiger partial charge in [0, 0.05) is 18.7 Å². The van der Waals surface area contributed by atoms with Crippen LogP contribution in [0.5, 0.6) is 5.75 Å². The van der Waals surface area contributed by atoms with Crippen molar-refractivity contribution in [1.29, 1.82) is 0 Å². The molecule has 1 heterocycles. The van der Waals surface area contributed by atoms with E-state index in [1.807, 2.05) is 0 Å². The molecule has 10 heteroatoms. The number of anilines is 1. The van der Waals surface area contributed by atoms with Gasteiger partial charge in [-0.05, 0) is 43.3 Å². The van der Waals surface area contributed by atoms with Crippen molar-refractivity contribution in [3.8, 4) is 5.75 Å². The molecule has 158 valence electrons. The van der Waals surface area contributed by atoms with Gasteiger partial charge in [-0.15, -0.1) is 4.40 Å². The van der Waals surface area contributed by atoms with Crippen LogP contribution in [-0.2, 0) is 19.6 Å². The number of nitrogens with one attached hydrogen (secondary N) is 1. The smallest absolute Gasteiger partial charge is 0.284 e. The van der Waals surface area contributed by atoms with Crippen molar-refractivity contribution in [2.24, 2.45) is 4.40 Å². The molecule has 1 fully saturated rings. The standard InChI is InChI=1S/C20H21N3O5S2/c1-3-23-19(25)17(13-18(24)21-14-9-11-15(28-2)12-10-14)29-20(23)22-30(26,27)16-7-5-4-6-8-16/h4-12,17H,3,13H2,1-2H3,(H,21,24)/b22-20-. The number of amidine groups is 1. The minimum absolute atomic E-state index is 0.0438. The fourth-order valence-electron chi connectivity index (χ4n) is 2.80. The summed E-state index contributed by atoms with van der Waals surface area (Å²) in [7, 11) is -2.41. The average Bonchev–Trinajstić information content (AvgIpc) is 3.02. The first-order valence-corrected chi connectivity index (χ1v) is 11.5. The Morgan fingerprint density at radius 1 is 1.17 bits per heavy atom. The van der Waals surface area contributed by atoms with Crippen molar-refractivity contribution in [2.45, 2.75) is 23.5 Å². The number of thioether (sulfide) groups is 1. The van der Waals surface area contributed by atoms with E-state index in [9.17, 15) is 18.0 Å². The Kier molecular flexibility index (Phi) is 6.78. The summed E-state index contributed by atoms with van der Waals surface area (Å²) in [4.78, 5) is 26.4. The Hall–Kier alpha value is -2.85. The lowest BCUT2D eigenvalue weighted by atomic mass is 10.2. The predicted octanol–water partition coefficient (Wildman–Crippen LogP) is 2.73. The molecule has 0 aliphatic carbocycles. The zero-order chi connectivity index (χ0) is 21.7. The molecular formula is C20H21N3O5S2. The normalized spacial score (nSPS) is 17.9. The van der Waals surface area contributed by atoms with E-state index in [2.05, 4.69) is 9.71 Å². The second-order valence-corrected chi connectivity index (χ2v) is 9.11. The van der Waals surface area contributed by atoms with Gasteiger partial charge in [-0.3, -0.25) is 14.5 Å². The maximum atomic E-state index is 12.7. The number of ether oxygens (including phenoxy) is 1. The number of hydrogen-bond donors (Lipinski definition) is 1. The van der Waals surface area contributed by atoms with Gasteiger partial charge >= 0.3 is 0 Å². The SMILES string of the molecule is CCN1C(=O)C(CC(=O)Nc2ccc(OC)cc2)S/C1=N\S(=O)(=O)c1ccccc1. The fourth-order valence-corrected chi connectivity index (χ4v) is 5.24. The van der Waals surface area contributed by atoms with Crippen LogP contribution in [-0.4, -0.2) is 49.2 Å². The zero-order valence-electron chi connectivity index (χ0n) is 16.4. The van der Waals surface area contributed by atoms with Gasteiger partial charge in [-0.25, -0.2) is 0 Å². The first-order chi connectivity index (χ1) is 14.3. The van der Waals surface area contributed by atoms with Crippen molar-refractivity contribution in [1.82, 2.24) is 4.90 Å². The molecule has 0 saturated carbocycles. The van der Waals surface area contributed by atoms with Crippen LogP contribution in [0.15, 0.2) is 63.9 Å². The van der Waals surface area contributed by atoms with Gasteiger partial charge in [-0.2, -0.15) is 8.42 Å². The molecule has 2 aromatic carbocycles. The lowest BCUT2D eigenvalue weighted by molar-refractivity contribution is -0.128. The van der Waals surface area contributed by atoms with E-state index in [4.69, 9.17) is 4.74 Å². The number of rotatable bonds is 7. The largest absolute Gasteiger partial charge is 0.497 e. The highest BCUT2D eigenvalue weighted by Crippen LogP contribution is 2.31. The van der Waals surface area contributed by atoms with Gasteiger partial charge < -0.3 is 10.1 Å². The Morgan fingerprint density at radius 2 is 1.83 bits per heavy atom. The second-order valence-electron chi connectivity index (χ2n) is 6.33. The molecule has 1 aliphatic rings. The maximum Gasteiger partial charge on any atom is 0.284 e. The first kappa shape index (κ1) is 21.8. The van der Waals surface area contributed by atoms with Crippen LogP contribution in [0.1, 0.15) is 13.3 Å². The molecule has 1 N–H and O–H groups in total. The van der Waals surface area contributed by atoms with Crippen LogP contribution in [0.3, 0.4) is 0 Å². The topological polar surface area (TPSA) is 105 Å². The first-order valence-electron chi connectivity index (χ1n) is 9.16. The summed E-state index contributed by atoms with van der Waals surface area (Å²) in [5, 5.41) is 2.06. The number of carbonyl (C=O) groups excluding carboxylic acids is 2. The molecule has 2 amide bonds. The number of carbonyl (C=O) groups is 2. The van der Waals surface area contributed by atoms with Gasteiger partial charge in [0.15, 0.2) is 5.17 Å². The highest BCUT2D eigenvalue weighted by atomic mass is 32.2. The molecule has 1 saturated heterocycles. The summed E-state index contributed by atoms with van der Waals surface area (Å²) in [5.41, 5.74) is 0.573. The second kappa shape index (κ2) is 9.31. The molecule has 1 unspecified atom stereocenters. The summed E-state index contributed by atoms with van der Waals surface area (Å²) in [6.45, 7) is 1.98. The molecule has 1 atom stereocenters. The van der Waals surface area contributed by atoms with Gasteiger partial charge in [-0.1, -0.05) is 30.0 Å². The van der Waals surface area contributed by atoms with Gasteiger partial charge in [0.05, 0.1) is 12.0 Å². The van der Waals surface area contributed by atoms with Crippen molar-refractivity contribution in [3.05, 3.63) is 54.6 Å². The van der Waals surface area contributed by atoms with Crippen LogP contribution < -0.4 is 10.1 Å². The minimum Gasteiger partial charge on any atom is -0.497 e. The predicted molar refractivity (Wildman–Crippen MR) is 116 cm³/mol. The number of nitrogens with zero attached hydrogens (tertiary/aromatic N) is 2. The third-order valence-electron chi connectivity index (χ3n) is 4.32. The van der Waals surface area contributed by atoms with Gasteiger partial charge in [0.1, 0.15) is 11.0 Å². The van der Waals surface area contributed by atoms with Crippen molar-refractivity contribution >= 4 is 44.5 Å². The van der Waals surface area contributed by atoms with Gasteiger partial charge in [0.25, 0.3) is 10.0 Å². The van der Waals surface area contributed by atoms with E-state index in [1.165, 1.54) is 17.0 Å². The Balaban J connectivity index is 1.72. The van der Waals surface area contributed by atoms with E-state index < -0.39 is 15.3 Å². The number of benzene rings is 2. The van der Waals surface area contributed by atoms with Crippen molar-refractivity contribution in [2.75, 3.05) is 19.0 Å². The molecule has 30 heavy (non-hydrogen) atoms. The van der Waals surface area contributed by atoms with Crippen LogP contribution in [0, 0.1) is 0 Å². The molecule has 0 bridgehead atoms. The van der Waals surface area contributed by atoms with E-state index in [1.54, 1.807) is 56.5 Å². The molecular weight excluding hydrogens is 426 g/mol. The monoisotopic (exact) mass is 447 g/mol. The summed E-state index contributed by atoms with van der Waals surface area (Å²) in [5.74, 6) is -0.0304. The summed E-state index contributed by atoms with van der Waals surface area (Å²) in [6, 6.07) is 14.6. The zero-order valence-corrected chi connectivity index (χ0v) is 18.1. The maximum absolute atomic E-state index is 12.7. The Morgan fingerprint density at radius 3 is 2.43 bits per heavy atom. The molecule has 8 nitrogen and oxygen atoms in total. The van der Waals surface area contributed by atoms with E-state index in [0.29, 0.717) is 11.4 Å². The number of amides is 2. The van der Waals surface area contributed by atoms with E-state index in [-0.39, 0.29) is 34.8 Å². The minimum atomic E-state index is -3.96. The van der Waals surface area contributed by atoms with Crippen LogP contribution in [0.4, 0.5) is 5.69 Å². The van der Waals surface area contributed by atoms with Crippen LogP contribution in [0.25, 0.3) is 0 Å². The highest BCUT2D eigenvalue weighted by molar-refractivity contribution is 8.16. The highest BCUT2D eigenvalue weighted by Gasteiger charge is 2.39. The van der Waals surface area contributed by atoms with Gasteiger partial charge in [0.2, 0.25) is 11.8 Å². The third kappa shape index (κ3) is 5.00. The summed E-state index contributed by atoms with van der Waals surface area (Å²) >= 11 is 0.984. The van der Waals surface area contributed by atoms with E-state index in [0.717, 1.165) is 11.8 Å². The number of sulfonamides is 1. The molecule has 0 aromatic heterocycles. The number of methoxy groups -OCH3 is 1. The molecule has 0 spiro atoms. The van der Waals surface area contributed by atoms with Crippen molar-refractivity contribution < 1.29 is 22.7 Å². The quantitative estimate of drug-likeness (QED) is 0.700. The Labute approximate surface area is 179 Å². The Bertz CT molecular complexity index is 1050. The molecule has 2 aromatic rings. The van der Waals surface area contributed by atoms with Crippen LogP contribution >= 0.6 is 11.8 Å². The molecule has 0 radical (unpaired) electrons. The number of hydrogen-bond acceptors (Lipinski definition) is 6. The average molecular weight is 448 g/mol. The molecule has 1 aliphatic heterocycles. The molecule has 3 rings (SSSR count). The lowest BCUT2D eigenvalue weighted by Crippen LogP contribution is -2.33. The van der Waals surface area contributed by atoms with Crippen LogP contribution in [0.2, 0.25) is 0 Å². The summed E-state index contributed by atoms with van der Waals surface area (Å²) in [6.07, 6.45) is -0.101. The lowest BCUT2D eigenvalue weighted by Gasteiger charge is -2.13. The summed E-state index contributed by atoms with van der Waals surface area (Å²) < 4.78 is 34.0. The fraction of sp³-hybridized carbons (Fsp3) is 0.250. The third-order valence-corrected chi connectivity index (χ3v) is 6.89. The van der Waals surface area contributed by atoms with E-state index >= 15 is 0 Å². The van der Waals surface area contributed by atoms with Crippen molar-refractivity contribution in [3.63, 3.8) is 0 Å².